The molecule has 0 aromatic heterocycles. The number of rotatable bonds is 8. The number of nitrogens with zero attached hydrogens (tertiary/aromatic N) is 1. The van der Waals surface area contributed by atoms with Gasteiger partial charge in [-0.3, -0.25) is 14.4 Å². The number of hydrogen-bond acceptors (Lipinski definition) is 3. The Hall–Kier alpha value is -3.15. The second-order valence-corrected chi connectivity index (χ2v) is 5.76. The minimum absolute atomic E-state index is 0.0345. The van der Waals surface area contributed by atoms with E-state index in [-0.39, 0.29) is 24.7 Å². The van der Waals surface area contributed by atoms with E-state index < -0.39 is 5.97 Å². The summed E-state index contributed by atoms with van der Waals surface area (Å²) in [5.74, 6) is -1.28. The van der Waals surface area contributed by atoms with Crippen molar-refractivity contribution < 1.29 is 19.5 Å². The van der Waals surface area contributed by atoms with Gasteiger partial charge in [0.25, 0.3) is 5.91 Å². The van der Waals surface area contributed by atoms with Crippen LogP contribution in [-0.2, 0) is 9.59 Å². The Morgan fingerprint density at radius 2 is 1.62 bits per heavy atom. The lowest BCUT2D eigenvalue weighted by Gasteiger charge is -2.21. The summed E-state index contributed by atoms with van der Waals surface area (Å²) < 4.78 is 0. The monoisotopic (exact) mass is 354 g/mol. The predicted octanol–water partition coefficient (Wildman–Crippen LogP) is 3.55. The van der Waals surface area contributed by atoms with Gasteiger partial charge in [0, 0.05) is 36.3 Å². The molecule has 6 nitrogen and oxygen atoms in total. The van der Waals surface area contributed by atoms with Gasteiger partial charge in [0.1, 0.15) is 0 Å². The molecule has 6 heteroatoms. The van der Waals surface area contributed by atoms with Crippen LogP contribution in [0.25, 0.3) is 0 Å². The number of amides is 2. The molecule has 0 unspecified atom stereocenters. The van der Waals surface area contributed by atoms with E-state index in [0.717, 1.165) is 5.69 Å². The van der Waals surface area contributed by atoms with Gasteiger partial charge in [0.15, 0.2) is 0 Å². The summed E-state index contributed by atoms with van der Waals surface area (Å²) >= 11 is 0. The molecule has 2 amide bonds. The Morgan fingerprint density at radius 1 is 0.962 bits per heavy atom. The van der Waals surface area contributed by atoms with E-state index in [9.17, 15) is 14.4 Å². The van der Waals surface area contributed by atoms with Crippen LogP contribution in [0, 0.1) is 0 Å². The molecule has 2 aromatic rings. The molecular formula is C20H22N2O4. The maximum Gasteiger partial charge on any atom is 0.303 e. The fourth-order valence-corrected chi connectivity index (χ4v) is 2.53. The van der Waals surface area contributed by atoms with E-state index in [0.29, 0.717) is 24.2 Å². The van der Waals surface area contributed by atoms with Crippen LogP contribution in [0.1, 0.15) is 36.5 Å². The van der Waals surface area contributed by atoms with E-state index >= 15 is 0 Å². The summed E-state index contributed by atoms with van der Waals surface area (Å²) in [5, 5.41) is 11.3. The van der Waals surface area contributed by atoms with Crippen LogP contribution in [0.4, 0.5) is 11.4 Å². The first kappa shape index (κ1) is 19.2. The Bertz CT molecular complexity index is 757. The van der Waals surface area contributed by atoms with Crippen molar-refractivity contribution in [2.75, 3.05) is 16.8 Å². The average Bonchev–Trinajstić information content (AvgIpc) is 2.63. The number of benzene rings is 2. The molecule has 0 aliphatic carbocycles. The van der Waals surface area contributed by atoms with Gasteiger partial charge in [-0.05, 0) is 49.7 Å². The lowest BCUT2D eigenvalue weighted by atomic mass is 10.1. The van der Waals surface area contributed by atoms with Crippen LogP contribution in [0.3, 0.4) is 0 Å². The number of carboxylic acids is 1. The maximum absolute atomic E-state index is 12.7. The van der Waals surface area contributed by atoms with Crippen LogP contribution in [0.2, 0.25) is 0 Å². The highest BCUT2D eigenvalue weighted by atomic mass is 16.4. The molecule has 0 atom stereocenters. The molecular weight excluding hydrogens is 332 g/mol. The molecule has 136 valence electrons. The van der Waals surface area contributed by atoms with Gasteiger partial charge in [-0.25, -0.2) is 0 Å². The zero-order valence-corrected chi connectivity index (χ0v) is 14.6. The highest BCUT2D eigenvalue weighted by Crippen LogP contribution is 2.18. The molecule has 0 aliphatic heterocycles. The SMILES string of the molecule is CCN(C(=O)c1ccc(NC(=O)CCCC(=O)O)cc1)c1ccccc1. The molecule has 0 saturated carbocycles. The number of para-hydroxylation sites is 1. The summed E-state index contributed by atoms with van der Waals surface area (Å²) in [5.41, 5.74) is 1.93. The molecule has 0 spiro atoms. The molecule has 26 heavy (non-hydrogen) atoms. The Kier molecular flexibility index (Phi) is 6.91. The van der Waals surface area contributed by atoms with Crippen molar-refractivity contribution in [1.82, 2.24) is 0 Å². The van der Waals surface area contributed by atoms with Gasteiger partial charge in [0.05, 0.1) is 0 Å². The maximum atomic E-state index is 12.7. The molecule has 0 heterocycles. The summed E-state index contributed by atoms with van der Waals surface area (Å²) in [6.45, 7) is 2.46. The summed E-state index contributed by atoms with van der Waals surface area (Å²) in [6.07, 6.45) is 0.401. The molecule has 0 fully saturated rings. The third-order valence-corrected chi connectivity index (χ3v) is 3.84. The highest BCUT2D eigenvalue weighted by molar-refractivity contribution is 6.06. The lowest BCUT2D eigenvalue weighted by molar-refractivity contribution is -0.137. The Morgan fingerprint density at radius 3 is 2.19 bits per heavy atom. The molecule has 2 N–H and O–H groups in total. The second-order valence-electron chi connectivity index (χ2n) is 5.76. The predicted molar refractivity (Wildman–Crippen MR) is 100 cm³/mol. The normalized spacial score (nSPS) is 10.2. The van der Waals surface area contributed by atoms with E-state index in [2.05, 4.69) is 5.32 Å². The van der Waals surface area contributed by atoms with Crippen molar-refractivity contribution >= 4 is 29.2 Å². The fraction of sp³-hybridized carbons (Fsp3) is 0.250. The summed E-state index contributed by atoms with van der Waals surface area (Å²) in [7, 11) is 0. The number of carboxylic acid groups (broad SMARTS) is 1. The fourth-order valence-electron chi connectivity index (χ4n) is 2.53. The zero-order valence-electron chi connectivity index (χ0n) is 14.6. The molecule has 2 aromatic carbocycles. The third-order valence-electron chi connectivity index (χ3n) is 3.84. The largest absolute Gasteiger partial charge is 0.481 e. The lowest BCUT2D eigenvalue weighted by Crippen LogP contribution is -2.30. The van der Waals surface area contributed by atoms with Crippen molar-refractivity contribution in [1.29, 1.82) is 0 Å². The number of hydrogen-bond donors (Lipinski definition) is 2. The standard InChI is InChI=1S/C20H22N2O4/c1-2-22(17-7-4-3-5-8-17)20(26)15-11-13-16(14-12-15)21-18(23)9-6-10-19(24)25/h3-5,7-8,11-14H,2,6,9-10H2,1H3,(H,21,23)(H,24,25). The van der Waals surface area contributed by atoms with Gasteiger partial charge in [-0.1, -0.05) is 18.2 Å². The van der Waals surface area contributed by atoms with E-state index in [4.69, 9.17) is 5.11 Å². The van der Waals surface area contributed by atoms with Crippen LogP contribution in [-0.4, -0.2) is 29.4 Å². The van der Waals surface area contributed by atoms with E-state index in [1.807, 2.05) is 37.3 Å². The van der Waals surface area contributed by atoms with Crippen LogP contribution >= 0.6 is 0 Å². The van der Waals surface area contributed by atoms with Crippen molar-refractivity contribution in [3.05, 3.63) is 60.2 Å². The zero-order chi connectivity index (χ0) is 18.9. The van der Waals surface area contributed by atoms with Crippen molar-refractivity contribution in [3.63, 3.8) is 0 Å². The summed E-state index contributed by atoms with van der Waals surface area (Å²) in [6, 6.07) is 16.1. The Balaban J connectivity index is 1.98. The molecule has 0 radical (unpaired) electrons. The van der Waals surface area contributed by atoms with Crippen LogP contribution in [0.5, 0.6) is 0 Å². The first-order valence-corrected chi connectivity index (χ1v) is 8.50. The number of aliphatic carboxylic acids is 1. The molecule has 0 bridgehead atoms. The number of carbonyl (C=O) groups is 3. The van der Waals surface area contributed by atoms with Crippen molar-refractivity contribution in [2.45, 2.75) is 26.2 Å². The smallest absolute Gasteiger partial charge is 0.303 e. The molecule has 0 saturated heterocycles. The van der Waals surface area contributed by atoms with Gasteiger partial charge in [-0.2, -0.15) is 0 Å². The minimum Gasteiger partial charge on any atom is -0.481 e. The van der Waals surface area contributed by atoms with Crippen LogP contribution in [0.15, 0.2) is 54.6 Å². The van der Waals surface area contributed by atoms with Gasteiger partial charge >= 0.3 is 5.97 Å². The third kappa shape index (κ3) is 5.44. The first-order chi connectivity index (χ1) is 12.5. The summed E-state index contributed by atoms with van der Waals surface area (Å²) in [4.78, 5) is 36.6. The number of anilines is 2. The van der Waals surface area contributed by atoms with Crippen LogP contribution < -0.4 is 10.2 Å². The Labute approximate surface area is 152 Å². The van der Waals surface area contributed by atoms with Crippen molar-refractivity contribution in [3.8, 4) is 0 Å². The second kappa shape index (κ2) is 9.36. The minimum atomic E-state index is -0.917. The average molecular weight is 354 g/mol. The van der Waals surface area contributed by atoms with E-state index in [1.54, 1.807) is 29.2 Å². The van der Waals surface area contributed by atoms with Crippen molar-refractivity contribution in [2.24, 2.45) is 0 Å². The van der Waals surface area contributed by atoms with Gasteiger partial charge in [0.2, 0.25) is 5.91 Å². The topological polar surface area (TPSA) is 86.7 Å². The van der Waals surface area contributed by atoms with Gasteiger partial charge < -0.3 is 15.3 Å². The first-order valence-electron chi connectivity index (χ1n) is 8.50. The van der Waals surface area contributed by atoms with E-state index in [1.165, 1.54) is 0 Å². The number of carbonyl (C=O) groups excluding carboxylic acids is 2. The molecule has 2 rings (SSSR count). The quantitative estimate of drug-likeness (QED) is 0.759. The molecule has 0 aliphatic rings. The highest BCUT2D eigenvalue weighted by Gasteiger charge is 2.15. The number of nitrogens with one attached hydrogen (secondary N) is 1. The van der Waals surface area contributed by atoms with Gasteiger partial charge in [-0.15, -0.1) is 0 Å².